The van der Waals surface area contributed by atoms with Gasteiger partial charge in [0.2, 0.25) is 0 Å². The molecule has 2 aromatic rings. The SMILES string of the molecule is COc1ccc(CNc2nccc3c2C(CC(=O)OC(C)(C)C)CC3)c(OC)c1. The molecule has 1 aromatic heterocycles. The summed E-state index contributed by atoms with van der Waals surface area (Å²) >= 11 is 0. The first-order chi connectivity index (χ1) is 13.8. The number of anilines is 1. The number of carbonyl (C=O) groups excluding carboxylic acids is 1. The summed E-state index contributed by atoms with van der Waals surface area (Å²) in [5.74, 6) is 2.29. The van der Waals surface area contributed by atoms with Crippen LogP contribution in [0.5, 0.6) is 11.5 Å². The number of esters is 1. The van der Waals surface area contributed by atoms with E-state index < -0.39 is 5.60 Å². The molecule has 0 aliphatic heterocycles. The molecule has 0 fully saturated rings. The van der Waals surface area contributed by atoms with Crippen LogP contribution in [-0.2, 0) is 22.5 Å². The van der Waals surface area contributed by atoms with Crippen LogP contribution in [0.15, 0.2) is 30.5 Å². The Balaban J connectivity index is 1.76. The highest BCUT2D eigenvalue weighted by Gasteiger charge is 2.30. The second kappa shape index (κ2) is 8.72. The van der Waals surface area contributed by atoms with Gasteiger partial charge in [-0.15, -0.1) is 0 Å². The Morgan fingerprint density at radius 1 is 1.21 bits per heavy atom. The largest absolute Gasteiger partial charge is 0.497 e. The van der Waals surface area contributed by atoms with Gasteiger partial charge in [-0.1, -0.05) is 0 Å². The molecule has 0 saturated carbocycles. The molecule has 1 N–H and O–H groups in total. The number of fused-ring (bicyclic) bond motifs is 1. The van der Waals surface area contributed by atoms with Crippen molar-refractivity contribution in [3.8, 4) is 11.5 Å². The molecule has 6 heteroatoms. The molecule has 1 aliphatic carbocycles. The van der Waals surface area contributed by atoms with Gasteiger partial charge in [-0.3, -0.25) is 4.79 Å². The fourth-order valence-electron chi connectivity index (χ4n) is 3.77. The molecule has 0 radical (unpaired) electrons. The molecule has 3 rings (SSSR count). The average molecular weight is 399 g/mol. The number of hydrogen-bond acceptors (Lipinski definition) is 6. The molecule has 0 bridgehead atoms. The van der Waals surface area contributed by atoms with Crippen LogP contribution >= 0.6 is 0 Å². The molecule has 1 heterocycles. The van der Waals surface area contributed by atoms with Gasteiger partial charge in [-0.05, 0) is 63.3 Å². The maximum atomic E-state index is 12.4. The second-order valence-corrected chi connectivity index (χ2v) is 8.29. The lowest BCUT2D eigenvalue weighted by molar-refractivity contribution is -0.155. The van der Waals surface area contributed by atoms with Crippen LogP contribution in [0.4, 0.5) is 5.82 Å². The third-order valence-corrected chi connectivity index (χ3v) is 5.02. The molecular formula is C23H30N2O4. The minimum absolute atomic E-state index is 0.119. The summed E-state index contributed by atoms with van der Waals surface area (Å²) in [6.45, 7) is 6.24. The van der Waals surface area contributed by atoms with Crippen molar-refractivity contribution >= 4 is 11.8 Å². The van der Waals surface area contributed by atoms with Gasteiger partial charge in [0.1, 0.15) is 22.9 Å². The lowest BCUT2D eigenvalue weighted by atomic mass is 9.98. The molecule has 29 heavy (non-hydrogen) atoms. The molecule has 1 atom stereocenters. The summed E-state index contributed by atoms with van der Waals surface area (Å²) in [6, 6.07) is 7.80. The Morgan fingerprint density at radius 2 is 2.00 bits per heavy atom. The van der Waals surface area contributed by atoms with Crippen LogP contribution in [0.3, 0.4) is 0 Å². The Bertz CT molecular complexity index is 874. The number of nitrogens with one attached hydrogen (secondary N) is 1. The topological polar surface area (TPSA) is 69.7 Å². The first-order valence-electron chi connectivity index (χ1n) is 9.95. The normalized spacial score (nSPS) is 15.6. The monoisotopic (exact) mass is 398 g/mol. The average Bonchev–Trinajstić information content (AvgIpc) is 3.08. The molecule has 1 unspecified atom stereocenters. The Labute approximate surface area is 172 Å². The van der Waals surface area contributed by atoms with Crippen LogP contribution in [0.2, 0.25) is 0 Å². The van der Waals surface area contributed by atoms with Crippen molar-refractivity contribution in [1.82, 2.24) is 4.98 Å². The fraction of sp³-hybridized carbons (Fsp3) is 0.478. The lowest BCUT2D eigenvalue weighted by Crippen LogP contribution is -2.24. The van der Waals surface area contributed by atoms with Crippen molar-refractivity contribution in [1.29, 1.82) is 0 Å². The summed E-state index contributed by atoms with van der Waals surface area (Å²) < 4.78 is 16.3. The lowest BCUT2D eigenvalue weighted by Gasteiger charge is -2.22. The zero-order valence-electron chi connectivity index (χ0n) is 17.9. The van der Waals surface area contributed by atoms with E-state index in [9.17, 15) is 4.79 Å². The van der Waals surface area contributed by atoms with E-state index >= 15 is 0 Å². The Kier molecular flexibility index (Phi) is 6.30. The van der Waals surface area contributed by atoms with Crippen LogP contribution in [0, 0.1) is 0 Å². The standard InChI is InChI=1S/C23H30N2O4/c1-23(2,3)29-20(26)12-16-7-6-15-10-11-24-22(21(15)16)25-14-17-8-9-18(27-4)13-19(17)28-5/h8-11,13,16H,6-7,12,14H2,1-5H3,(H,24,25). The van der Waals surface area contributed by atoms with E-state index in [1.807, 2.05) is 51.2 Å². The molecule has 1 aromatic carbocycles. The number of nitrogens with zero attached hydrogens (tertiary/aromatic N) is 1. The van der Waals surface area contributed by atoms with E-state index in [-0.39, 0.29) is 11.9 Å². The third kappa shape index (κ3) is 5.19. The number of rotatable bonds is 7. The van der Waals surface area contributed by atoms with Gasteiger partial charge in [-0.2, -0.15) is 0 Å². The van der Waals surface area contributed by atoms with Gasteiger partial charge in [-0.25, -0.2) is 4.98 Å². The molecule has 0 saturated heterocycles. The molecule has 6 nitrogen and oxygen atoms in total. The highest BCUT2D eigenvalue weighted by molar-refractivity contribution is 5.72. The number of methoxy groups -OCH3 is 2. The Hall–Kier alpha value is -2.76. The van der Waals surface area contributed by atoms with Crippen molar-refractivity contribution in [2.75, 3.05) is 19.5 Å². The minimum atomic E-state index is -0.473. The number of ether oxygens (including phenoxy) is 3. The minimum Gasteiger partial charge on any atom is -0.497 e. The maximum Gasteiger partial charge on any atom is 0.306 e. The number of aryl methyl sites for hydroxylation is 1. The van der Waals surface area contributed by atoms with Crippen molar-refractivity contribution in [3.63, 3.8) is 0 Å². The first kappa shape index (κ1) is 21.0. The van der Waals surface area contributed by atoms with Gasteiger partial charge >= 0.3 is 5.97 Å². The maximum absolute atomic E-state index is 12.4. The molecular weight excluding hydrogens is 368 g/mol. The first-order valence-corrected chi connectivity index (χ1v) is 9.95. The zero-order chi connectivity index (χ0) is 21.0. The van der Waals surface area contributed by atoms with Crippen molar-refractivity contribution in [2.45, 2.75) is 58.1 Å². The van der Waals surface area contributed by atoms with E-state index in [4.69, 9.17) is 14.2 Å². The highest BCUT2D eigenvalue weighted by atomic mass is 16.6. The van der Waals surface area contributed by atoms with Gasteiger partial charge in [0.25, 0.3) is 0 Å². The summed E-state index contributed by atoms with van der Waals surface area (Å²) in [6.07, 6.45) is 4.07. The highest BCUT2D eigenvalue weighted by Crippen LogP contribution is 2.40. The molecule has 156 valence electrons. The quantitative estimate of drug-likeness (QED) is 0.694. The van der Waals surface area contributed by atoms with E-state index in [0.717, 1.165) is 41.3 Å². The van der Waals surface area contributed by atoms with Crippen molar-refractivity contribution in [2.24, 2.45) is 0 Å². The smallest absolute Gasteiger partial charge is 0.306 e. The van der Waals surface area contributed by atoms with Crippen molar-refractivity contribution < 1.29 is 19.0 Å². The van der Waals surface area contributed by atoms with Crippen LogP contribution in [0.1, 0.15) is 56.2 Å². The van der Waals surface area contributed by atoms with Gasteiger partial charge in [0, 0.05) is 29.9 Å². The summed E-state index contributed by atoms with van der Waals surface area (Å²) in [5, 5.41) is 3.44. The van der Waals surface area contributed by atoms with Crippen LogP contribution in [0.25, 0.3) is 0 Å². The van der Waals surface area contributed by atoms with E-state index in [2.05, 4.69) is 10.3 Å². The fourth-order valence-corrected chi connectivity index (χ4v) is 3.77. The van der Waals surface area contributed by atoms with E-state index in [1.165, 1.54) is 5.56 Å². The summed E-state index contributed by atoms with van der Waals surface area (Å²) in [7, 11) is 3.28. The number of carbonyl (C=O) groups is 1. The van der Waals surface area contributed by atoms with E-state index in [0.29, 0.717) is 13.0 Å². The van der Waals surface area contributed by atoms with Crippen LogP contribution < -0.4 is 14.8 Å². The molecule has 0 spiro atoms. The second-order valence-electron chi connectivity index (χ2n) is 8.29. The van der Waals surface area contributed by atoms with Crippen molar-refractivity contribution in [3.05, 3.63) is 47.2 Å². The number of pyridine rings is 1. The number of aromatic nitrogens is 1. The molecule has 1 aliphatic rings. The van der Waals surface area contributed by atoms with Gasteiger partial charge < -0.3 is 19.5 Å². The van der Waals surface area contributed by atoms with Crippen LogP contribution in [-0.4, -0.2) is 30.8 Å². The third-order valence-electron chi connectivity index (χ3n) is 5.02. The number of benzene rings is 1. The number of hydrogen-bond donors (Lipinski definition) is 1. The predicted molar refractivity (Wildman–Crippen MR) is 113 cm³/mol. The predicted octanol–water partition coefficient (Wildman–Crippen LogP) is 4.47. The summed E-state index contributed by atoms with van der Waals surface area (Å²) in [5.41, 5.74) is 2.91. The van der Waals surface area contributed by atoms with Gasteiger partial charge in [0.05, 0.1) is 20.6 Å². The Morgan fingerprint density at radius 3 is 2.69 bits per heavy atom. The van der Waals surface area contributed by atoms with E-state index in [1.54, 1.807) is 14.2 Å². The summed E-state index contributed by atoms with van der Waals surface area (Å²) in [4.78, 5) is 16.9. The molecule has 0 amide bonds. The zero-order valence-corrected chi connectivity index (χ0v) is 17.9. The van der Waals surface area contributed by atoms with Gasteiger partial charge in [0.15, 0.2) is 0 Å².